The van der Waals surface area contributed by atoms with Crippen LogP contribution in [0, 0.1) is 0 Å². The molecule has 0 atom stereocenters. The number of halogens is 2. The van der Waals surface area contributed by atoms with Crippen molar-refractivity contribution in [1.82, 2.24) is 0 Å². The van der Waals surface area contributed by atoms with Gasteiger partial charge in [0.25, 0.3) is 0 Å². The molecule has 0 amide bonds. The monoisotopic (exact) mass is 322 g/mol. The van der Waals surface area contributed by atoms with Crippen LogP contribution in [-0.2, 0) is 0 Å². The molecule has 2 aromatic carbocycles. The van der Waals surface area contributed by atoms with Gasteiger partial charge in [0.05, 0.1) is 10.0 Å². The molecular weight excluding hydrogens is 307 g/mol. The zero-order valence-corrected chi connectivity index (χ0v) is 13.8. The molecule has 0 nitrogen and oxygen atoms in total. The summed E-state index contributed by atoms with van der Waals surface area (Å²) in [6.07, 6.45) is 1.71. The lowest BCUT2D eigenvalue weighted by atomic mass is 10.0. The van der Waals surface area contributed by atoms with E-state index in [1.807, 2.05) is 18.2 Å². The van der Waals surface area contributed by atoms with Crippen LogP contribution in [0.4, 0.5) is 0 Å². The Hall–Kier alpha value is -0.890. The lowest BCUT2D eigenvalue weighted by molar-refractivity contribution is 0.842. The molecule has 0 aliphatic rings. The van der Waals surface area contributed by atoms with Crippen LogP contribution >= 0.6 is 35.0 Å². The van der Waals surface area contributed by atoms with Crippen LogP contribution < -0.4 is 0 Å². The second-order valence-electron chi connectivity index (χ2n) is 4.78. The van der Waals surface area contributed by atoms with Crippen molar-refractivity contribution >= 4 is 41.0 Å². The SMILES string of the molecule is C=Cc1ccc(Sc2ccccc2C(C)C)c(Cl)c1Cl. The highest BCUT2D eigenvalue weighted by molar-refractivity contribution is 7.99. The van der Waals surface area contributed by atoms with Gasteiger partial charge in [-0.1, -0.05) is 85.7 Å². The molecule has 0 spiro atoms. The highest BCUT2D eigenvalue weighted by atomic mass is 35.5. The second kappa shape index (κ2) is 6.71. The molecule has 2 rings (SSSR count). The van der Waals surface area contributed by atoms with Crippen molar-refractivity contribution in [1.29, 1.82) is 0 Å². The van der Waals surface area contributed by atoms with Crippen LogP contribution in [0.2, 0.25) is 10.0 Å². The fourth-order valence-corrected chi connectivity index (χ4v) is 3.67. The molecular formula is C17H16Cl2S. The van der Waals surface area contributed by atoms with Gasteiger partial charge >= 0.3 is 0 Å². The zero-order chi connectivity index (χ0) is 14.7. The van der Waals surface area contributed by atoms with Crippen LogP contribution in [-0.4, -0.2) is 0 Å². The third-order valence-electron chi connectivity index (χ3n) is 3.06. The second-order valence-corrected chi connectivity index (χ2v) is 6.62. The summed E-state index contributed by atoms with van der Waals surface area (Å²) in [5, 5.41) is 1.15. The maximum Gasteiger partial charge on any atom is 0.0737 e. The van der Waals surface area contributed by atoms with Crippen LogP contribution in [0.15, 0.2) is 52.8 Å². The van der Waals surface area contributed by atoms with E-state index in [9.17, 15) is 0 Å². The molecule has 0 aliphatic carbocycles. The summed E-state index contributed by atoms with van der Waals surface area (Å²) in [4.78, 5) is 2.18. The Kier molecular flexibility index (Phi) is 5.20. The highest BCUT2D eigenvalue weighted by Crippen LogP contribution is 2.41. The van der Waals surface area contributed by atoms with Crippen molar-refractivity contribution in [3.05, 3.63) is 64.1 Å². The first-order chi connectivity index (χ1) is 9.54. The first-order valence-corrected chi connectivity index (χ1v) is 7.99. The fourth-order valence-electron chi connectivity index (χ4n) is 1.95. The van der Waals surface area contributed by atoms with Crippen LogP contribution in [0.1, 0.15) is 30.9 Å². The van der Waals surface area contributed by atoms with E-state index < -0.39 is 0 Å². The van der Waals surface area contributed by atoms with Crippen LogP contribution in [0.5, 0.6) is 0 Å². The average molecular weight is 323 g/mol. The minimum absolute atomic E-state index is 0.473. The smallest absolute Gasteiger partial charge is 0.0737 e. The van der Waals surface area contributed by atoms with Gasteiger partial charge in [0.1, 0.15) is 0 Å². The number of hydrogen-bond acceptors (Lipinski definition) is 1. The standard InChI is InChI=1S/C17H16Cl2S/c1-4-12-9-10-15(17(19)16(12)18)20-14-8-6-5-7-13(14)11(2)3/h4-11H,1H2,2-3H3. The molecule has 2 aromatic rings. The molecule has 0 heterocycles. The van der Waals surface area contributed by atoms with Gasteiger partial charge in [-0.05, 0) is 29.2 Å². The van der Waals surface area contributed by atoms with E-state index >= 15 is 0 Å². The van der Waals surface area contributed by atoms with E-state index in [2.05, 4.69) is 38.6 Å². The summed E-state index contributed by atoms with van der Waals surface area (Å²) < 4.78 is 0. The van der Waals surface area contributed by atoms with Crippen molar-refractivity contribution in [2.75, 3.05) is 0 Å². The number of hydrogen-bond donors (Lipinski definition) is 0. The summed E-state index contributed by atoms with van der Waals surface area (Å²) in [7, 11) is 0. The normalized spacial score (nSPS) is 10.8. The third-order valence-corrected chi connectivity index (χ3v) is 5.22. The van der Waals surface area contributed by atoms with Gasteiger partial charge in [-0.3, -0.25) is 0 Å². The van der Waals surface area contributed by atoms with Gasteiger partial charge in [-0.15, -0.1) is 0 Å². The maximum atomic E-state index is 6.36. The Labute approximate surface area is 134 Å². The minimum atomic E-state index is 0.473. The van der Waals surface area contributed by atoms with Crippen LogP contribution in [0.3, 0.4) is 0 Å². The fraction of sp³-hybridized carbons (Fsp3) is 0.176. The lowest BCUT2D eigenvalue weighted by Gasteiger charge is -2.13. The molecule has 20 heavy (non-hydrogen) atoms. The molecule has 0 unspecified atom stereocenters. The average Bonchev–Trinajstić information content (AvgIpc) is 2.44. The Morgan fingerprint density at radius 3 is 2.35 bits per heavy atom. The molecule has 0 aliphatic heterocycles. The quantitative estimate of drug-likeness (QED) is 0.589. The molecule has 104 valence electrons. The largest absolute Gasteiger partial charge is 0.0984 e. The Morgan fingerprint density at radius 2 is 1.70 bits per heavy atom. The van der Waals surface area contributed by atoms with Crippen molar-refractivity contribution < 1.29 is 0 Å². The summed E-state index contributed by atoms with van der Waals surface area (Å²) >= 11 is 14.3. The number of benzene rings is 2. The van der Waals surface area contributed by atoms with Gasteiger partial charge in [0.15, 0.2) is 0 Å². The lowest BCUT2D eigenvalue weighted by Crippen LogP contribution is -1.90. The van der Waals surface area contributed by atoms with Crippen LogP contribution in [0.25, 0.3) is 6.08 Å². The molecule has 0 N–H and O–H groups in total. The van der Waals surface area contributed by atoms with E-state index in [4.69, 9.17) is 23.2 Å². The molecule has 0 saturated carbocycles. The van der Waals surface area contributed by atoms with E-state index in [0.29, 0.717) is 16.0 Å². The zero-order valence-electron chi connectivity index (χ0n) is 11.5. The Balaban J connectivity index is 2.41. The van der Waals surface area contributed by atoms with E-state index in [1.54, 1.807) is 17.8 Å². The van der Waals surface area contributed by atoms with Gasteiger partial charge < -0.3 is 0 Å². The molecule has 0 aromatic heterocycles. The van der Waals surface area contributed by atoms with Gasteiger partial charge in [0.2, 0.25) is 0 Å². The molecule has 3 heteroatoms. The van der Waals surface area contributed by atoms with Crippen molar-refractivity contribution in [2.24, 2.45) is 0 Å². The van der Waals surface area contributed by atoms with Gasteiger partial charge in [0, 0.05) is 9.79 Å². The predicted octanol–water partition coefficient (Wildman–Crippen LogP) is 6.91. The molecule has 0 fully saturated rings. The molecule has 0 bridgehead atoms. The molecule has 0 saturated heterocycles. The van der Waals surface area contributed by atoms with E-state index in [1.165, 1.54) is 10.5 Å². The first-order valence-electron chi connectivity index (χ1n) is 6.41. The summed E-state index contributed by atoms with van der Waals surface area (Å²) in [6, 6.07) is 12.3. The first kappa shape index (κ1) is 15.5. The summed E-state index contributed by atoms with van der Waals surface area (Å²) in [5.74, 6) is 0.473. The van der Waals surface area contributed by atoms with E-state index in [-0.39, 0.29) is 0 Å². The third kappa shape index (κ3) is 3.22. The van der Waals surface area contributed by atoms with Gasteiger partial charge in [-0.2, -0.15) is 0 Å². The van der Waals surface area contributed by atoms with Crippen molar-refractivity contribution in [3.8, 4) is 0 Å². The summed E-state index contributed by atoms with van der Waals surface area (Å²) in [6.45, 7) is 8.11. The predicted molar refractivity (Wildman–Crippen MR) is 91.2 cm³/mol. The van der Waals surface area contributed by atoms with E-state index in [0.717, 1.165) is 10.5 Å². The number of rotatable bonds is 4. The summed E-state index contributed by atoms with van der Waals surface area (Å²) in [5.41, 5.74) is 2.18. The highest BCUT2D eigenvalue weighted by Gasteiger charge is 2.12. The van der Waals surface area contributed by atoms with Gasteiger partial charge in [-0.25, -0.2) is 0 Å². The Morgan fingerprint density at radius 1 is 1.00 bits per heavy atom. The topological polar surface area (TPSA) is 0 Å². The van der Waals surface area contributed by atoms with Crippen molar-refractivity contribution in [2.45, 2.75) is 29.6 Å². The Bertz CT molecular complexity index is 633. The minimum Gasteiger partial charge on any atom is -0.0984 e. The maximum absolute atomic E-state index is 6.36. The molecule has 0 radical (unpaired) electrons. The van der Waals surface area contributed by atoms with Crippen molar-refractivity contribution in [3.63, 3.8) is 0 Å².